The summed E-state index contributed by atoms with van der Waals surface area (Å²) in [5.41, 5.74) is 0. The van der Waals surface area contributed by atoms with Gasteiger partial charge in [-0.15, -0.1) is 0 Å². The van der Waals surface area contributed by atoms with E-state index in [4.69, 9.17) is 4.55 Å². The summed E-state index contributed by atoms with van der Waals surface area (Å²) >= 11 is 1.01. The van der Waals surface area contributed by atoms with Crippen molar-refractivity contribution in [3.05, 3.63) is 0 Å². The van der Waals surface area contributed by atoms with Crippen LogP contribution in [0.2, 0.25) is 0 Å². The van der Waals surface area contributed by atoms with E-state index in [1.807, 2.05) is 0 Å². The minimum absolute atomic E-state index is 0.814. The third kappa shape index (κ3) is 2.59. The van der Waals surface area contributed by atoms with Crippen molar-refractivity contribution < 1.29 is 4.55 Å². The molecule has 1 rings (SSSR count). The van der Waals surface area contributed by atoms with Crippen LogP contribution in [0.15, 0.2) is 0 Å². The van der Waals surface area contributed by atoms with Crippen LogP contribution in [0, 0.1) is 5.92 Å². The fourth-order valence-corrected chi connectivity index (χ4v) is 2.00. The van der Waals surface area contributed by atoms with Crippen molar-refractivity contribution in [1.82, 2.24) is 0 Å². The molecule has 0 heterocycles. The van der Waals surface area contributed by atoms with E-state index in [9.17, 15) is 0 Å². The van der Waals surface area contributed by atoms with Crippen LogP contribution in [0.3, 0.4) is 0 Å². The van der Waals surface area contributed by atoms with Gasteiger partial charge in [0, 0.05) is 5.75 Å². The van der Waals surface area contributed by atoms with Crippen LogP contribution in [-0.2, 0) is 0 Å². The number of hydrogen-bond acceptors (Lipinski definition) is 2. The summed E-state index contributed by atoms with van der Waals surface area (Å²) in [5.74, 6) is 1.77. The maximum Gasteiger partial charge on any atom is 0.0223 e. The monoisotopic (exact) mass is 146 g/mol. The Morgan fingerprint density at radius 1 is 1.22 bits per heavy atom. The van der Waals surface area contributed by atoms with Gasteiger partial charge in [-0.3, -0.25) is 0 Å². The molecule has 0 amide bonds. The molecule has 0 bridgehead atoms. The van der Waals surface area contributed by atoms with Crippen LogP contribution < -0.4 is 0 Å². The molecular weight excluding hydrogens is 132 g/mol. The fourth-order valence-electron chi connectivity index (χ4n) is 1.46. The molecule has 1 aliphatic carbocycles. The molecule has 0 unspecified atom stereocenters. The van der Waals surface area contributed by atoms with E-state index in [1.54, 1.807) is 0 Å². The zero-order valence-electron chi connectivity index (χ0n) is 5.68. The number of rotatable bonds is 2. The van der Waals surface area contributed by atoms with Crippen LogP contribution in [0.25, 0.3) is 0 Å². The molecule has 54 valence electrons. The first-order valence-corrected chi connectivity index (χ1v) is 4.64. The minimum atomic E-state index is 0.814. The molecule has 1 fully saturated rings. The van der Waals surface area contributed by atoms with E-state index in [1.165, 1.54) is 32.1 Å². The zero-order chi connectivity index (χ0) is 6.53. The fraction of sp³-hybridized carbons (Fsp3) is 1.00. The summed E-state index contributed by atoms with van der Waals surface area (Å²) in [5, 5.41) is 0. The highest BCUT2D eigenvalue weighted by Crippen LogP contribution is 2.25. The number of hydrogen-bond donors (Lipinski definition) is 1. The summed E-state index contributed by atoms with van der Waals surface area (Å²) in [6, 6.07) is 0. The van der Waals surface area contributed by atoms with Crippen molar-refractivity contribution in [2.24, 2.45) is 5.92 Å². The minimum Gasteiger partial charge on any atom is -0.330 e. The van der Waals surface area contributed by atoms with Gasteiger partial charge in [-0.25, -0.2) is 0 Å². The molecule has 1 nitrogen and oxygen atoms in total. The van der Waals surface area contributed by atoms with Gasteiger partial charge in [-0.1, -0.05) is 19.3 Å². The molecule has 0 aliphatic heterocycles. The second-order valence-corrected chi connectivity index (χ2v) is 3.39. The van der Waals surface area contributed by atoms with Crippen LogP contribution in [-0.4, -0.2) is 10.3 Å². The molecule has 1 saturated carbocycles. The Bertz CT molecular complexity index is 66.6. The molecule has 1 aliphatic rings. The molecule has 9 heavy (non-hydrogen) atoms. The van der Waals surface area contributed by atoms with Crippen LogP contribution in [0.5, 0.6) is 0 Å². The summed E-state index contributed by atoms with van der Waals surface area (Å²) in [4.78, 5) is 0. The van der Waals surface area contributed by atoms with E-state index in [0.29, 0.717) is 0 Å². The predicted octanol–water partition coefficient (Wildman–Crippen LogP) is 2.77. The molecule has 0 atom stereocenters. The molecule has 1 N–H and O–H groups in total. The van der Waals surface area contributed by atoms with Gasteiger partial charge in [-0.2, -0.15) is 0 Å². The van der Waals surface area contributed by atoms with Gasteiger partial charge in [0.2, 0.25) is 0 Å². The summed E-state index contributed by atoms with van der Waals surface area (Å²) < 4.78 is 8.54. The van der Waals surface area contributed by atoms with Gasteiger partial charge in [0.15, 0.2) is 0 Å². The quantitative estimate of drug-likeness (QED) is 0.604. The summed E-state index contributed by atoms with van der Waals surface area (Å²) in [6.07, 6.45) is 6.85. The average molecular weight is 146 g/mol. The van der Waals surface area contributed by atoms with E-state index in [-0.39, 0.29) is 0 Å². The molecule has 0 spiro atoms. The Hall–Kier alpha value is 0.310. The zero-order valence-corrected chi connectivity index (χ0v) is 6.49. The lowest BCUT2D eigenvalue weighted by molar-refractivity contribution is 0.388. The van der Waals surface area contributed by atoms with E-state index >= 15 is 0 Å². The summed E-state index contributed by atoms with van der Waals surface area (Å²) in [7, 11) is 0. The maximum absolute atomic E-state index is 8.54. The second-order valence-electron chi connectivity index (χ2n) is 2.80. The Balaban J connectivity index is 2.08. The lowest BCUT2D eigenvalue weighted by Crippen LogP contribution is -2.08. The molecule has 2 heteroatoms. The third-order valence-corrected chi connectivity index (χ3v) is 2.66. The second kappa shape index (κ2) is 4.18. The van der Waals surface area contributed by atoms with Crippen molar-refractivity contribution in [3.63, 3.8) is 0 Å². The van der Waals surface area contributed by atoms with Gasteiger partial charge < -0.3 is 4.55 Å². The Labute approximate surface area is 61.0 Å². The normalized spacial score (nSPS) is 22.3. The van der Waals surface area contributed by atoms with Gasteiger partial charge in [0.1, 0.15) is 0 Å². The predicted molar refractivity (Wildman–Crippen MR) is 41.7 cm³/mol. The van der Waals surface area contributed by atoms with Gasteiger partial charge in [-0.05, 0) is 30.8 Å². The first-order chi connectivity index (χ1) is 4.43. The van der Waals surface area contributed by atoms with Gasteiger partial charge in [0.05, 0.1) is 0 Å². The van der Waals surface area contributed by atoms with Crippen molar-refractivity contribution in [1.29, 1.82) is 0 Å². The molecular formula is C7H14OS. The first-order valence-electron chi connectivity index (χ1n) is 3.70. The van der Waals surface area contributed by atoms with Gasteiger partial charge >= 0.3 is 0 Å². The Morgan fingerprint density at radius 2 is 1.89 bits per heavy atom. The summed E-state index contributed by atoms with van der Waals surface area (Å²) in [6.45, 7) is 0. The molecule has 0 aromatic carbocycles. The largest absolute Gasteiger partial charge is 0.330 e. The third-order valence-electron chi connectivity index (χ3n) is 2.03. The maximum atomic E-state index is 8.54. The van der Waals surface area contributed by atoms with Crippen molar-refractivity contribution in [2.45, 2.75) is 32.1 Å². The highest BCUT2D eigenvalue weighted by Gasteiger charge is 2.12. The van der Waals surface area contributed by atoms with Crippen LogP contribution in [0.4, 0.5) is 0 Å². The molecule has 0 aromatic rings. The van der Waals surface area contributed by atoms with E-state index < -0.39 is 0 Å². The van der Waals surface area contributed by atoms with Crippen LogP contribution >= 0.6 is 12.0 Å². The molecule has 0 radical (unpaired) electrons. The Kier molecular flexibility index (Phi) is 3.44. The first kappa shape index (κ1) is 7.42. The van der Waals surface area contributed by atoms with Crippen molar-refractivity contribution in [3.8, 4) is 0 Å². The lowest BCUT2D eigenvalue weighted by Gasteiger charge is -2.19. The van der Waals surface area contributed by atoms with Crippen LogP contribution in [0.1, 0.15) is 32.1 Å². The van der Waals surface area contributed by atoms with Crippen molar-refractivity contribution >= 4 is 12.0 Å². The average Bonchev–Trinajstić information content (AvgIpc) is 1.91. The van der Waals surface area contributed by atoms with E-state index in [2.05, 4.69) is 0 Å². The topological polar surface area (TPSA) is 20.2 Å². The highest BCUT2D eigenvalue weighted by molar-refractivity contribution is 7.93. The van der Waals surface area contributed by atoms with Gasteiger partial charge in [0.25, 0.3) is 0 Å². The van der Waals surface area contributed by atoms with E-state index in [0.717, 1.165) is 23.7 Å². The SMILES string of the molecule is OSCC1CCCCC1. The molecule has 0 aromatic heterocycles. The lowest BCUT2D eigenvalue weighted by atomic mass is 9.91. The molecule has 0 saturated heterocycles. The standard InChI is InChI=1S/C7H14OS/c8-9-6-7-4-2-1-3-5-7/h7-8H,1-6H2. The highest BCUT2D eigenvalue weighted by atomic mass is 32.2. The van der Waals surface area contributed by atoms with Crippen molar-refractivity contribution in [2.75, 3.05) is 5.75 Å². The smallest absolute Gasteiger partial charge is 0.0223 e. The Morgan fingerprint density at radius 3 is 2.44 bits per heavy atom.